The first-order valence-electron chi connectivity index (χ1n) is 8.16. The summed E-state index contributed by atoms with van der Waals surface area (Å²) in [5.41, 5.74) is 2.27. The van der Waals surface area contributed by atoms with Gasteiger partial charge in [0.2, 0.25) is 0 Å². The molecule has 0 saturated carbocycles. The van der Waals surface area contributed by atoms with Gasteiger partial charge in [-0.1, -0.05) is 12.1 Å². The van der Waals surface area contributed by atoms with Gasteiger partial charge in [-0.3, -0.25) is 0 Å². The summed E-state index contributed by atoms with van der Waals surface area (Å²) in [5.74, 6) is 1.14. The molecule has 0 saturated heterocycles. The van der Waals surface area contributed by atoms with Crippen LogP contribution >= 0.6 is 0 Å². The lowest BCUT2D eigenvalue weighted by Crippen LogP contribution is -2.08. The predicted octanol–water partition coefficient (Wildman–Crippen LogP) is 3.67. The number of methoxy groups -OCH3 is 3. The molecule has 0 aliphatic carbocycles. The monoisotopic (exact) mass is 367 g/mol. The van der Waals surface area contributed by atoms with E-state index in [2.05, 4.69) is 0 Å². The smallest absolute Gasteiger partial charge is 0.349 e. The summed E-state index contributed by atoms with van der Waals surface area (Å²) in [4.78, 5) is 12.3. The molecule has 0 atom stereocenters. The first kappa shape index (κ1) is 19.9. The van der Waals surface area contributed by atoms with E-state index in [9.17, 15) is 10.1 Å². The first-order valence-corrected chi connectivity index (χ1v) is 8.16. The highest BCUT2D eigenvalue weighted by atomic mass is 16.5. The van der Waals surface area contributed by atoms with Gasteiger partial charge >= 0.3 is 5.97 Å². The van der Waals surface area contributed by atoms with Gasteiger partial charge in [0.05, 0.1) is 21.3 Å². The lowest BCUT2D eigenvalue weighted by molar-refractivity contribution is -0.139. The van der Waals surface area contributed by atoms with Gasteiger partial charge < -0.3 is 18.9 Å². The van der Waals surface area contributed by atoms with E-state index in [-0.39, 0.29) is 12.2 Å². The molecule has 0 radical (unpaired) electrons. The van der Waals surface area contributed by atoms with Gasteiger partial charge in [0.15, 0.2) is 11.5 Å². The maximum absolute atomic E-state index is 12.3. The number of nitrogens with zero attached hydrogens (tertiary/aromatic N) is 1. The fourth-order valence-corrected chi connectivity index (χ4v) is 2.40. The van der Waals surface area contributed by atoms with Crippen LogP contribution in [0, 0.1) is 18.3 Å². The summed E-state index contributed by atoms with van der Waals surface area (Å²) in [6, 6.07) is 12.4. The van der Waals surface area contributed by atoms with E-state index in [0.29, 0.717) is 22.8 Å². The molecule has 140 valence electrons. The van der Waals surface area contributed by atoms with Crippen molar-refractivity contribution < 1.29 is 23.7 Å². The van der Waals surface area contributed by atoms with Gasteiger partial charge in [0, 0.05) is 0 Å². The fraction of sp³-hybridized carbons (Fsp3) is 0.238. The molecule has 0 spiro atoms. The Morgan fingerprint density at radius 3 is 2.22 bits per heavy atom. The second-order valence-electron chi connectivity index (χ2n) is 5.65. The van der Waals surface area contributed by atoms with E-state index in [1.807, 2.05) is 13.0 Å². The summed E-state index contributed by atoms with van der Waals surface area (Å²) < 4.78 is 20.9. The van der Waals surface area contributed by atoms with Gasteiger partial charge in [-0.15, -0.1) is 0 Å². The fourth-order valence-electron chi connectivity index (χ4n) is 2.40. The van der Waals surface area contributed by atoms with Crippen molar-refractivity contribution in [3.63, 3.8) is 0 Å². The number of nitriles is 1. The number of carbonyl (C=O) groups is 1. The van der Waals surface area contributed by atoms with E-state index in [0.717, 1.165) is 11.1 Å². The second-order valence-corrected chi connectivity index (χ2v) is 5.65. The van der Waals surface area contributed by atoms with Crippen molar-refractivity contribution in [1.82, 2.24) is 0 Å². The molecule has 2 aromatic rings. The molecule has 0 amide bonds. The van der Waals surface area contributed by atoms with Crippen molar-refractivity contribution in [1.29, 1.82) is 5.26 Å². The summed E-state index contributed by atoms with van der Waals surface area (Å²) in [7, 11) is 4.66. The van der Waals surface area contributed by atoms with Crippen LogP contribution in [0.4, 0.5) is 0 Å². The SMILES string of the molecule is COc1ccc(/C=C(\C#N)C(=O)OCc2cc(OC)c(OC)cc2C)cc1. The zero-order valence-electron chi connectivity index (χ0n) is 15.7. The van der Waals surface area contributed by atoms with Crippen LogP contribution in [0.25, 0.3) is 6.08 Å². The molecule has 6 nitrogen and oxygen atoms in total. The molecule has 2 rings (SSSR count). The maximum Gasteiger partial charge on any atom is 0.349 e. The van der Waals surface area contributed by atoms with E-state index in [4.69, 9.17) is 18.9 Å². The first-order chi connectivity index (χ1) is 13.0. The van der Waals surface area contributed by atoms with Crippen LogP contribution < -0.4 is 14.2 Å². The van der Waals surface area contributed by atoms with Gasteiger partial charge in [-0.05, 0) is 54.0 Å². The third-order valence-corrected chi connectivity index (χ3v) is 3.97. The Hall–Kier alpha value is -3.46. The number of hydrogen-bond donors (Lipinski definition) is 0. The number of esters is 1. The van der Waals surface area contributed by atoms with Crippen LogP contribution in [0.5, 0.6) is 17.2 Å². The molecule has 0 N–H and O–H groups in total. The number of carbonyl (C=O) groups excluding carboxylic acids is 1. The summed E-state index contributed by atoms with van der Waals surface area (Å²) >= 11 is 0. The maximum atomic E-state index is 12.3. The van der Waals surface area contributed by atoms with Gasteiger partial charge in [0.1, 0.15) is 24.0 Å². The van der Waals surface area contributed by atoms with Crippen molar-refractivity contribution in [2.45, 2.75) is 13.5 Å². The minimum Gasteiger partial charge on any atom is -0.497 e. The number of benzene rings is 2. The average molecular weight is 367 g/mol. The molecule has 0 aliphatic heterocycles. The van der Waals surface area contributed by atoms with Crippen molar-refractivity contribution in [2.75, 3.05) is 21.3 Å². The zero-order valence-corrected chi connectivity index (χ0v) is 15.7. The number of aryl methyl sites for hydroxylation is 1. The molecular formula is C21H21NO5. The Morgan fingerprint density at radius 2 is 1.67 bits per heavy atom. The van der Waals surface area contributed by atoms with Gasteiger partial charge in [0.25, 0.3) is 0 Å². The van der Waals surface area contributed by atoms with Crippen LogP contribution in [-0.4, -0.2) is 27.3 Å². The van der Waals surface area contributed by atoms with E-state index < -0.39 is 5.97 Å². The van der Waals surface area contributed by atoms with Crippen molar-refractivity contribution >= 4 is 12.0 Å². The third kappa shape index (κ3) is 5.02. The standard InChI is InChI=1S/C21H21NO5/c1-14-9-19(25-3)20(26-4)11-17(14)13-27-21(23)16(12-22)10-15-5-7-18(24-2)8-6-15/h5-11H,13H2,1-4H3/b16-10+. The Balaban J connectivity index is 2.13. The topological polar surface area (TPSA) is 77.8 Å². The van der Waals surface area contributed by atoms with Crippen molar-refractivity contribution in [3.05, 3.63) is 58.7 Å². The lowest BCUT2D eigenvalue weighted by Gasteiger charge is -2.13. The van der Waals surface area contributed by atoms with E-state index in [1.54, 1.807) is 50.6 Å². The summed E-state index contributed by atoms with van der Waals surface area (Å²) in [6.07, 6.45) is 1.48. The summed E-state index contributed by atoms with van der Waals surface area (Å²) in [6.45, 7) is 1.90. The molecule has 27 heavy (non-hydrogen) atoms. The van der Waals surface area contributed by atoms with Gasteiger partial charge in [-0.25, -0.2) is 4.79 Å². The van der Waals surface area contributed by atoms with E-state index >= 15 is 0 Å². The third-order valence-electron chi connectivity index (χ3n) is 3.97. The van der Waals surface area contributed by atoms with E-state index in [1.165, 1.54) is 13.2 Å². The molecule has 0 aliphatic rings. The highest BCUT2D eigenvalue weighted by Crippen LogP contribution is 2.30. The molecule has 0 heterocycles. The molecule has 6 heteroatoms. The molecule has 0 aromatic heterocycles. The summed E-state index contributed by atoms with van der Waals surface area (Å²) in [5, 5.41) is 9.28. The molecule has 0 bridgehead atoms. The number of hydrogen-bond acceptors (Lipinski definition) is 6. The van der Waals surface area contributed by atoms with Crippen LogP contribution in [0.15, 0.2) is 42.0 Å². The minimum absolute atomic E-state index is 0.0205. The lowest BCUT2D eigenvalue weighted by atomic mass is 10.1. The largest absolute Gasteiger partial charge is 0.497 e. The van der Waals surface area contributed by atoms with Crippen LogP contribution in [0.2, 0.25) is 0 Å². The Kier molecular flexibility index (Phi) is 6.84. The highest BCUT2D eigenvalue weighted by Gasteiger charge is 2.14. The normalized spacial score (nSPS) is 10.7. The Labute approximate surface area is 158 Å². The molecule has 0 unspecified atom stereocenters. The van der Waals surface area contributed by atoms with Crippen LogP contribution in [-0.2, 0) is 16.1 Å². The molecule has 2 aromatic carbocycles. The number of rotatable bonds is 7. The predicted molar refractivity (Wildman–Crippen MR) is 101 cm³/mol. The van der Waals surface area contributed by atoms with Crippen molar-refractivity contribution in [3.8, 4) is 23.3 Å². The minimum atomic E-state index is -0.692. The highest BCUT2D eigenvalue weighted by molar-refractivity contribution is 5.97. The molecule has 0 fully saturated rings. The van der Waals surface area contributed by atoms with Crippen LogP contribution in [0.3, 0.4) is 0 Å². The average Bonchev–Trinajstić information content (AvgIpc) is 2.70. The van der Waals surface area contributed by atoms with Gasteiger partial charge in [-0.2, -0.15) is 5.26 Å². The molecular weight excluding hydrogens is 346 g/mol. The van der Waals surface area contributed by atoms with Crippen LogP contribution in [0.1, 0.15) is 16.7 Å². The number of ether oxygens (including phenoxy) is 4. The second kappa shape index (κ2) is 9.30. The zero-order chi connectivity index (χ0) is 19.8. The Bertz CT molecular complexity index is 879. The quantitative estimate of drug-likeness (QED) is 0.422. The Morgan fingerprint density at radius 1 is 1.04 bits per heavy atom. The van der Waals surface area contributed by atoms with Crippen molar-refractivity contribution in [2.24, 2.45) is 0 Å².